The van der Waals surface area contributed by atoms with Crippen LogP contribution in [0.4, 0.5) is 0 Å². The maximum atomic E-state index is 9.52. The first-order valence-electron chi connectivity index (χ1n) is 1.70. The van der Waals surface area contributed by atoms with Gasteiger partial charge in [-0.2, -0.15) is 0 Å². The summed E-state index contributed by atoms with van der Waals surface area (Å²) in [5.41, 5.74) is 0. The highest BCUT2D eigenvalue weighted by Gasteiger charge is 2.08. The van der Waals surface area contributed by atoms with Crippen LogP contribution in [0.25, 0.3) is 0 Å². The van der Waals surface area contributed by atoms with Crippen molar-refractivity contribution in [3.8, 4) is 0 Å². The fourth-order valence-corrected chi connectivity index (χ4v) is 0.0781. The maximum absolute atomic E-state index is 9.52. The molecule has 0 bridgehead atoms. The Kier molecular flexibility index (Phi) is 5.83. The van der Waals surface area contributed by atoms with E-state index in [1.165, 1.54) is 0 Å². The average Bonchev–Trinajstić information content (AvgIpc) is 1.65. The van der Waals surface area contributed by atoms with Crippen molar-refractivity contribution in [2.75, 3.05) is 6.61 Å². The number of hydrogen-bond acceptors (Lipinski definition) is 3. The third-order valence-corrected chi connectivity index (χ3v) is 0.458. The van der Waals surface area contributed by atoms with E-state index in [0.717, 1.165) is 0 Å². The SMILES string of the molecule is O=C(O)[C@@H](O)CO.[NH4+]. The van der Waals surface area contributed by atoms with Gasteiger partial charge in [-0.1, -0.05) is 0 Å². The normalized spacial score (nSPS) is 11.8. The summed E-state index contributed by atoms with van der Waals surface area (Å²) in [5, 5.41) is 23.7. The van der Waals surface area contributed by atoms with Gasteiger partial charge in [0.05, 0.1) is 6.61 Å². The van der Waals surface area contributed by atoms with E-state index in [2.05, 4.69) is 0 Å². The van der Waals surface area contributed by atoms with Crippen LogP contribution < -0.4 is 6.15 Å². The van der Waals surface area contributed by atoms with E-state index < -0.39 is 18.7 Å². The number of quaternary nitrogens is 1. The molecule has 5 nitrogen and oxygen atoms in total. The molecule has 0 aliphatic heterocycles. The van der Waals surface area contributed by atoms with Crippen LogP contribution in [0.15, 0.2) is 0 Å². The molecule has 0 aliphatic carbocycles. The lowest BCUT2D eigenvalue weighted by molar-refractivity contribution is -0.148. The van der Waals surface area contributed by atoms with E-state index in [4.69, 9.17) is 15.3 Å². The zero-order chi connectivity index (χ0) is 5.86. The highest BCUT2D eigenvalue weighted by Crippen LogP contribution is 1.75. The van der Waals surface area contributed by atoms with Gasteiger partial charge in [0.25, 0.3) is 0 Å². The summed E-state index contributed by atoms with van der Waals surface area (Å²) in [6.07, 6.45) is -1.63. The second-order valence-corrected chi connectivity index (χ2v) is 1.04. The topological polar surface area (TPSA) is 114 Å². The highest BCUT2D eigenvalue weighted by molar-refractivity contribution is 5.71. The molecule has 0 aromatic heterocycles. The Bertz CT molecular complexity index is 73.7. The first-order chi connectivity index (χ1) is 3.18. The molecule has 0 amide bonds. The number of hydrogen-bond donors (Lipinski definition) is 4. The molecule has 0 radical (unpaired) electrons. The van der Waals surface area contributed by atoms with Gasteiger partial charge < -0.3 is 21.5 Å². The molecular weight excluding hydrogens is 114 g/mol. The van der Waals surface area contributed by atoms with Gasteiger partial charge in [-0.25, -0.2) is 4.79 Å². The molecule has 0 aromatic rings. The summed E-state index contributed by atoms with van der Waals surface area (Å²) in [5.74, 6) is -1.40. The summed E-state index contributed by atoms with van der Waals surface area (Å²) >= 11 is 0. The fourth-order valence-electron chi connectivity index (χ4n) is 0.0781. The first-order valence-corrected chi connectivity index (χ1v) is 1.70. The molecule has 8 heavy (non-hydrogen) atoms. The highest BCUT2D eigenvalue weighted by atomic mass is 16.4. The van der Waals surface area contributed by atoms with Gasteiger partial charge in [-0.15, -0.1) is 0 Å². The summed E-state index contributed by atoms with van der Waals surface area (Å²) in [6.45, 7) is -0.727. The summed E-state index contributed by atoms with van der Waals surface area (Å²) in [4.78, 5) is 9.52. The van der Waals surface area contributed by atoms with Gasteiger partial charge in [0.1, 0.15) is 0 Å². The van der Waals surface area contributed by atoms with Crippen molar-refractivity contribution in [1.29, 1.82) is 0 Å². The largest absolute Gasteiger partial charge is 0.479 e. The van der Waals surface area contributed by atoms with Crippen LogP contribution in [0.5, 0.6) is 0 Å². The van der Waals surface area contributed by atoms with Crippen LogP contribution in [0, 0.1) is 0 Å². The monoisotopic (exact) mass is 124 g/mol. The number of carbonyl (C=O) groups is 1. The van der Waals surface area contributed by atoms with Crippen molar-refractivity contribution in [3.63, 3.8) is 0 Å². The third-order valence-electron chi connectivity index (χ3n) is 0.458. The second kappa shape index (κ2) is 4.51. The Morgan fingerprint density at radius 3 is 2.00 bits per heavy atom. The van der Waals surface area contributed by atoms with Crippen LogP contribution >= 0.6 is 0 Å². The van der Waals surface area contributed by atoms with Crippen molar-refractivity contribution in [1.82, 2.24) is 6.15 Å². The lowest BCUT2D eigenvalue weighted by Crippen LogP contribution is -2.22. The molecule has 0 rings (SSSR count). The molecule has 0 saturated heterocycles. The predicted molar refractivity (Wildman–Crippen MR) is 26.7 cm³/mol. The minimum absolute atomic E-state index is 0. The van der Waals surface area contributed by atoms with E-state index in [0.29, 0.717) is 0 Å². The van der Waals surface area contributed by atoms with Crippen LogP contribution in [0.2, 0.25) is 0 Å². The summed E-state index contributed by atoms with van der Waals surface area (Å²) < 4.78 is 0. The Hall–Kier alpha value is -0.650. The summed E-state index contributed by atoms with van der Waals surface area (Å²) in [6, 6.07) is 0. The van der Waals surface area contributed by atoms with Gasteiger partial charge in [-0.05, 0) is 0 Å². The van der Waals surface area contributed by atoms with E-state index in [9.17, 15) is 4.79 Å². The van der Waals surface area contributed by atoms with Crippen LogP contribution in [-0.2, 0) is 4.79 Å². The van der Waals surface area contributed by atoms with E-state index >= 15 is 0 Å². The molecule has 0 aliphatic rings. The van der Waals surface area contributed by atoms with Crippen LogP contribution in [0.3, 0.4) is 0 Å². The van der Waals surface area contributed by atoms with Crippen molar-refractivity contribution < 1.29 is 20.1 Å². The second-order valence-electron chi connectivity index (χ2n) is 1.04. The molecule has 0 saturated carbocycles. The molecule has 7 N–H and O–H groups in total. The molecular formula is C3H10NO4+. The van der Waals surface area contributed by atoms with Gasteiger partial charge in [0.15, 0.2) is 6.10 Å². The Morgan fingerprint density at radius 2 is 2.00 bits per heavy atom. The molecule has 0 spiro atoms. The molecule has 0 heterocycles. The van der Waals surface area contributed by atoms with Gasteiger partial charge in [0, 0.05) is 0 Å². The van der Waals surface area contributed by atoms with Gasteiger partial charge in [-0.3, -0.25) is 0 Å². The van der Waals surface area contributed by atoms with Crippen LogP contribution in [-0.4, -0.2) is 34.0 Å². The average molecular weight is 124 g/mol. The smallest absolute Gasteiger partial charge is 0.334 e. The number of rotatable bonds is 2. The minimum atomic E-state index is -1.63. The fraction of sp³-hybridized carbons (Fsp3) is 0.667. The van der Waals surface area contributed by atoms with Crippen molar-refractivity contribution in [2.24, 2.45) is 0 Å². The number of carboxylic acids is 1. The lowest BCUT2D eigenvalue weighted by atomic mass is 10.4. The zero-order valence-electron chi connectivity index (χ0n) is 4.53. The maximum Gasteiger partial charge on any atom is 0.334 e. The molecule has 5 heteroatoms. The Morgan fingerprint density at radius 1 is 1.62 bits per heavy atom. The minimum Gasteiger partial charge on any atom is -0.479 e. The number of aliphatic hydroxyl groups is 2. The predicted octanol–water partition coefficient (Wildman–Crippen LogP) is -1.20. The van der Waals surface area contributed by atoms with Crippen molar-refractivity contribution in [3.05, 3.63) is 0 Å². The summed E-state index contributed by atoms with van der Waals surface area (Å²) in [7, 11) is 0. The molecule has 1 atom stereocenters. The molecule has 0 fully saturated rings. The van der Waals surface area contributed by atoms with Crippen LogP contribution in [0.1, 0.15) is 0 Å². The quantitative estimate of drug-likeness (QED) is 0.370. The lowest BCUT2D eigenvalue weighted by Gasteiger charge is -1.95. The number of aliphatic carboxylic acids is 1. The molecule has 0 aromatic carbocycles. The van der Waals surface area contributed by atoms with E-state index in [1.54, 1.807) is 0 Å². The third kappa shape index (κ3) is 3.54. The standard InChI is InChI=1S/C3H6O4.H3N/c4-1-2(5)3(6)7;/h2,4-5H,1H2,(H,6,7);1H3/p+1/t2-;/m0./s1. The molecule has 0 unspecified atom stereocenters. The van der Waals surface area contributed by atoms with Crippen molar-refractivity contribution >= 4 is 5.97 Å². The molecule has 50 valence electrons. The van der Waals surface area contributed by atoms with E-state index in [-0.39, 0.29) is 6.15 Å². The van der Waals surface area contributed by atoms with Gasteiger partial charge in [0.2, 0.25) is 0 Å². The van der Waals surface area contributed by atoms with E-state index in [1.807, 2.05) is 0 Å². The Balaban J connectivity index is 0. The zero-order valence-corrected chi connectivity index (χ0v) is 4.53. The number of aliphatic hydroxyl groups excluding tert-OH is 2. The Labute approximate surface area is 46.1 Å². The van der Waals surface area contributed by atoms with Gasteiger partial charge >= 0.3 is 5.97 Å². The first kappa shape index (κ1) is 10.4. The number of carboxylic acid groups (broad SMARTS) is 1. The van der Waals surface area contributed by atoms with Crippen molar-refractivity contribution in [2.45, 2.75) is 6.10 Å².